The number of halogens is 1. The number of benzene rings is 1. The van der Waals surface area contributed by atoms with Crippen LogP contribution in [0, 0.1) is 9.77 Å². The van der Waals surface area contributed by atoms with Crippen LogP contribution in [0.2, 0.25) is 0 Å². The number of aromatic amines is 1. The molecule has 11 nitrogen and oxygen atoms in total. The Morgan fingerprint density at radius 3 is 3.03 bits per heavy atom. The highest BCUT2D eigenvalue weighted by Crippen LogP contribution is 2.29. The van der Waals surface area contributed by atoms with E-state index in [0.29, 0.717) is 26.0 Å². The first-order valence-corrected chi connectivity index (χ1v) is 9.23. The summed E-state index contributed by atoms with van der Waals surface area (Å²) in [5, 5.41) is 12.1. The van der Waals surface area contributed by atoms with E-state index in [-0.39, 0.29) is 17.4 Å². The standard InChI is InChI=1S/C15H12FN9O2S2/c16-9-2-1-8(24-5-7-4-18-6-19-11(7)20-13(24)26)3-10(9)25(17)14(27)21-12-22-23-15(28)29-12/h1-4,6H,5,17H2,(H,23,28)(H,21,22,27)(H,18,19,20,26). The van der Waals surface area contributed by atoms with E-state index in [1.165, 1.54) is 23.4 Å². The minimum atomic E-state index is -0.833. The zero-order valence-corrected chi connectivity index (χ0v) is 16.1. The lowest BCUT2D eigenvalue weighted by atomic mass is 10.2. The van der Waals surface area contributed by atoms with Gasteiger partial charge in [-0.25, -0.2) is 34.8 Å². The van der Waals surface area contributed by atoms with Crippen LogP contribution in [-0.2, 0) is 6.54 Å². The van der Waals surface area contributed by atoms with Crippen LogP contribution in [0.25, 0.3) is 0 Å². The second-order valence-electron chi connectivity index (χ2n) is 5.77. The fourth-order valence-corrected chi connectivity index (χ4v) is 3.38. The predicted molar refractivity (Wildman–Crippen MR) is 107 cm³/mol. The summed E-state index contributed by atoms with van der Waals surface area (Å²) in [6.45, 7) is 0.167. The van der Waals surface area contributed by atoms with Gasteiger partial charge in [0.25, 0.3) is 0 Å². The molecule has 0 aliphatic carbocycles. The molecule has 29 heavy (non-hydrogen) atoms. The van der Waals surface area contributed by atoms with Crippen molar-refractivity contribution in [1.29, 1.82) is 0 Å². The first-order chi connectivity index (χ1) is 13.9. The summed E-state index contributed by atoms with van der Waals surface area (Å²) in [4.78, 5) is 34.0. The molecule has 4 amide bonds. The van der Waals surface area contributed by atoms with Crippen LogP contribution in [0.4, 0.5) is 36.3 Å². The van der Waals surface area contributed by atoms with E-state index in [1.807, 2.05) is 0 Å². The maximum atomic E-state index is 14.4. The number of hydrogen-bond donors (Lipinski definition) is 4. The molecule has 0 spiro atoms. The second kappa shape index (κ2) is 7.50. The minimum Gasteiger partial charge on any atom is -0.291 e. The van der Waals surface area contributed by atoms with Crippen molar-refractivity contribution in [2.24, 2.45) is 5.84 Å². The summed E-state index contributed by atoms with van der Waals surface area (Å²) in [5.74, 6) is 5.45. The minimum absolute atomic E-state index is 0.167. The summed E-state index contributed by atoms with van der Waals surface area (Å²) >= 11 is 5.91. The van der Waals surface area contributed by atoms with E-state index in [2.05, 4.69) is 30.8 Å². The highest BCUT2D eigenvalue weighted by Gasteiger charge is 2.26. The number of amides is 4. The highest BCUT2D eigenvalue weighted by atomic mass is 32.1. The number of rotatable bonds is 3. The van der Waals surface area contributed by atoms with Crippen molar-refractivity contribution in [2.45, 2.75) is 6.54 Å². The van der Waals surface area contributed by atoms with E-state index < -0.39 is 17.9 Å². The van der Waals surface area contributed by atoms with Crippen molar-refractivity contribution < 1.29 is 14.0 Å². The number of nitrogens with two attached hydrogens (primary N) is 1. The highest BCUT2D eigenvalue weighted by molar-refractivity contribution is 7.73. The lowest BCUT2D eigenvalue weighted by molar-refractivity contribution is 0.255. The van der Waals surface area contributed by atoms with Gasteiger partial charge in [-0.3, -0.25) is 20.6 Å². The van der Waals surface area contributed by atoms with Gasteiger partial charge in [0, 0.05) is 17.4 Å². The normalized spacial score (nSPS) is 12.9. The van der Waals surface area contributed by atoms with E-state index in [4.69, 9.17) is 18.1 Å². The summed E-state index contributed by atoms with van der Waals surface area (Å²) in [5.41, 5.74) is 0.772. The van der Waals surface area contributed by atoms with E-state index >= 15 is 0 Å². The lowest BCUT2D eigenvalue weighted by Crippen LogP contribution is -2.42. The third kappa shape index (κ3) is 3.75. The van der Waals surface area contributed by atoms with Crippen LogP contribution in [-0.4, -0.2) is 32.2 Å². The maximum Gasteiger partial charge on any atom is 0.342 e. The van der Waals surface area contributed by atoms with Gasteiger partial charge in [-0.05, 0) is 30.4 Å². The molecule has 2 aromatic heterocycles. The number of carbonyl (C=O) groups is 2. The van der Waals surface area contributed by atoms with Gasteiger partial charge in [0.15, 0.2) is 3.95 Å². The molecular weight excluding hydrogens is 421 g/mol. The molecule has 3 aromatic rings. The molecule has 0 saturated carbocycles. The number of hydrogen-bond acceptors (Lipinski definition) is 8. The Balaban J connectivity index is 1.60. The fraction of sp³-hybridized carbons (Fsp3) is 0.0667. The third-order valence-corrected chi connectivity index (χ3v) is 4.96. The molecule has 1 aliphatic rings. The van der Waals surface area contributed by atoms with Gasteiger partial charge in [0.2, 0.25) is 5.13 Å². The molecule has 148 valence electrons. The van der Waals surface area contributed by atoms with Crippen LogP contribution in [0.15, 0.2) is 30.7 Å². The van der Waals surface area contributed by atoms with Gasteiger partial charge in [0.1, 0.15) is 23.6 Å². The number of nitrogens with one attached hydrogen (secondary N) is 3. The van der Waals surface area contributed by atoms with Crippen LogP contribution in [0.3, 0.4) is 0 Å². The number of anilines is 4. The van der Waals surface area contributed by atoms with E-state index in [1.54, 1.807) is 6.20 Å². The largest absolute Gasteiger partial charge is 0.342 e. The number of urea groups is 2. The SMILES string of the molecule is NN(C(=O)Nc1n[nH]c(=S)s1)c1cc(N2Cc3cncnc3NC2=O)ccc1F. The van der Waals surface area contributed by atoms with Crippen molar-refractivity contribution >= 4 is 57.9 Å². The zero-order chi connectivity index (χ0) is 20.5. The van der Waals surface area contributed by atoms with Crippen molar-refractivity contribution in [3.63, 3.8) is 0 Å². The molecular formula is C15H12FN9O2S2. The van der Waals surface area contributed by atoms with Gasteiger partial charge in [-0.1, -0.05) is 11.3 Å². The number of H-pyrrole nitrogens is 1. The van der Waals surface area contributed by atoms with Gasteiger partial charge < -0.3 is 0 Å². The van der Waals surface area contributed by atoms with Crippen molar-refractivity contribution in [3.8, 4) is 0 Å². The molecule has 14 heteroatoms. The number of fused-ring (bicyclic) bond motifs is 1. The number of nitrogens with zero attached hydrogens (tertiary/aromatic N) is 5. The molecule has 0 saturated heterocycles. The Morgan fingerprint density at radius 2 is 2.28 bits per heavy atom. The van der Waals surface area contributed by atoms with Crippen molar-refractivity contribution in [1.82, 2.24) is 20.2 Å². The average Bonchev–Trinajstić information content (AvgIpc) is 3.12. The molecule has 3 heterocycles. The Hall–Kier alpha value is -3.49. The van der Waals surface area contributed by atoms with E-state index in [0.717, 1.165) is 17.4 Å². The maximum absolute atomic E-state index is 14.4. The zero-order valence-electron chi connectivity index (χ0n) is 14.4. The summed E-state index contributed by atoms with van der Waals surface area (Å²) in [6.07, 6.45) is 2.89. The Morgan fingerprint density at radius 1 is 1.45 bits per heavy atom. The quantitative estimate of drug-likeness (QED) is 0.215. The molecule has 0 radical (unpaired) electrons. The van der Waals surface area contributed by atoms with Crippen LogP contribution in [0.1, 0.15) is 5.56 Å². The second-order valence-corrected chi connectivity index (χ2v) is 7.43. The molecule has 0 bridgehead atoms. The van der Waals surface area contributed by atoms with Crippen LogP contribution < -0.4 is 26.4 Å². The Labute approximate surface area is 171 Å². The monoisotopic (exact) mass is 433 g/mol. The summed E-state index contributed by atoms with van der Waals surface area (Å²) in [6, 6.07) is 2.51. The van der Waals surface area contributed by atoms with Crippen molar-refractivity contribution in [2.75, 3.05) is 20.5 Å². The summed E-state index contributed by atoms with van der Waals surface area (Å²) in [7, 11) is 0. The third-order valence-electron chi connectivity index (χ3n) is 3.96. The fourth-order valence-electron chi connectivity index (χ4n) is 2.60. The molecule has 0 atom stereocenters. The van der Waals surface area contributed by atoms with Gasteiger partial charge >= 0.3 is 12.1 Å². The first kappa shape index (κ1) is 18.9. The molecule has 1 aromatic carbocycles. The Kier molecular flexibility index (Phi) is 4.87. The van der Waals surface area contributed by atoms with Crippen LogP contribution in [0.5, 0.6) is 0 Å². The number of carbonyl (C=O) groups excluding carboxylic acids is 2. The van der Waals surface area contributed by atoms with Gasteiger partial charge in [0.05, 0.1) is 6.54 Å². The molecule has 1 aliphatic heterocycles. The topological polar surface area (TPSA) is 145 Å². The molecule has 0 unspecified atom stereocenters. The average molecular weight is 433 g/mol. The predicted octanol–water partition coefficient (Wildman–Crippen LogP) is 2.59. The van der Waals surface area contributed by atoms with Crippen molar-refractivity contribution in [3.05, 3.63) is 46.1 Å². The smallest absolute Gasteiger partial charge is 0.291 e. The summed E-state index contributed by atoms with van der Waals surface area (Å²) < 4.78 is 14.7. The number of hydrazine groups is 1. The molecule has 4 rings (SSSR count). The molecule has 5 N–H and O–H groups in total. The van der Waals surface area contributed by atoms with Gasteiger partial charge in [-0.2, -0.15) is 0 Å². The van der Waals surface area contributed by atoms with Crippen LogP contribution >= 0.6 is 23.6 Å². The first-order valence-electron chi connectivity index (χ1n) is 8.00. The molecule has 0 fully saturated rings. The van der Waals surface area contributed by atoms with E-state index in [9.17, 15) is 14.0 Å². The lowest BCUT2D eigenvalue weighted by Gasteiger charge is -2.29. The Bertz CT molecular complexity index is 1160. The van der Waals surface area contributed by atoms with Gasteiger partial charge in [-0.15, -0.1) is 5.10 Å². The number of aromatic nitrogens is 4.